The van der Waals surface area contributed by atoms with Crippen molar-refractivity contribution in [3.05, 3.63) is 30.3 Å². The monoisotopic (exact) mass is 321 g/mol. The summed E-state index contributed by atoms with van der Waals surface area (Å²) in [7, 11) is -1.86. The molecule has 0 spiro atoms. The zero-order chi connectivity index (χ0) is 12.7. The van der Waals surface area contributed by atoms with E-state index in [1.807, 2.05) is 58.0 Å². The SMILES string of the molecule is CC.CC.C[S-](=O)=O.Nc1ccccc1.[Y]. The number of nitrogen functional groups attached to an aromatic ring is 1. The van der Waals surface area contributed by atoms with Gasteiger partial charge in [-0.25, -0.2) is 0 Å². The van der Waals surface area contributed by atoms with E-state index in [2.05, 4.69) is 0 Å². The second-order valence-electron chi connectivity index (χ2n) is 1.81. The van der Waals surface area contributed by atoms with Crippen LogP contribution in [-0.2, 0) is 51.8 Å². The van der Waals surface area contributed by atoms with Crippen molar-refractivity contribution >= 4 is 16.4 Å². The smallest absolute Gasteiger partial charge is 0.0313 e. The van der Waals surface area contributed by atoms with Crippen LogP contribution >= 0.6 is 0 Å². The Morgan fingerprint density at radius 2 is 1.19 bits per heavy atom. The molecule has 0 saturated heterocycles. The molecule has 16 heavy (non-hydrogen) atoms. The molecular weight excluding hydrogens is 299 g/mol. The molecule has 1 radical (unpaired) electrons. The van der Waals surface area contributed by atoms with E-state index in [1.54, 1.807) is 0 Å². The molecule has 0 fully saturated rings. The van der Waals surface area contributed by atoms with Crippen molar-refractivity contribution in [2.45, 2.75) is 27.7 Å². The summed E-state index contributed by atoms with van der Waals surface area (Å²) < 4.78 is 18.0. The number of rotatable bonds is 0. The quantitative estimate of drug-likeness (QED) is 0.589. The van der Waals surface area contributed by atoms with Gasteiger partial charge in [0.15, 0.2) is 0 Å². The van der Waals surface area contributed by atoms with Gasteiger partial charge in [-0.1, -0.05) is 62.9 Å². The minimum absolute atomic E-state index is 0. The van der Waals surface area contributed by atoms with Crippen LogP contribution in [0.5, 0.6) is 0 Å². The number of hydrogen-bond acceptors (Lipinski definition) is 4. The van der Waals surface area contributed by atoms with Gasteiger partial charge in [0.1, 0.15) is 0 Å². The molecule has 2 N–H and O–H groups in total. The van der Waals surface area contributed by atoms with Gasteiger partial charge >= 0.3 is 0 Å². The molecule has 0 aliphatic carbocycles. The van der Waals surface area contributed by atoms with Crippen LogP contribution in [0, 0.1) is 0 Å². The van der Waals surface area contributed by atoms with Gasteiger partial charge in [-0.2, -0.15) is 0 Å². The first kappa shape index (κ1) is 25.1. The van der Waals surface area contributed by atoms with Gasteiger partial charge in [0.2, 0.25) is 0 Å². The maximum absolute atomic E-state index is 9.00. The summed E-state index contributed by atoms with van der Waals surface area (Å²) in [6.07, 6.45) is 1.08. The molecule has 0 aromatic heterocycles. The van der Waals surface area contributed by atoms with Crippen LogP contribution in [-0.4, -0.2) is 6.26 Å². The van der Waals surface area contributed by atoms with Gasteiger partial charge in [-0.05, 0) is 12.1 Å². The number of para-hydroxylation sites is 1. The van der Waals surface area contributed by atoms with E-state index in [-0.39, 0.29) is 32.7 Å². The van der Waals surface area contributed by atoms with Crippen molar-refractivity contribution in [1.82, 2.24) is 0 Å². The molecule has 3 nitrogen and oxygen atoms in total. The van der Waals surface area contributed by atoms with E-state index in [0.29, 0.717) is 0 Å². The first-order valence-electron chi connectivity index (χ1n) is 4.94. The summed E-state index contributed by atoms with van der Waals surface area (Å²) >= 11 is 0. The van der Waals surface area contributed by atoms with Crippen molar-refractivity contribution in [2.75, 3.05) is 12.0 Å². The summed E-state index contributed by atoms with van der Waals surface area (Å²) in [4.78, 5) is 0. The molecule has 1 aromatic rings. The molecule has 0 aliphatic rings. The van der Waals surface area contributed by atoms with Crippen LogP contribution < -0.4 is 5.73 Å². The Kier molecular flexibility index (Phi) is 38.1. The van der Waals surface area contributed by atoms with Gasteiger partial charge in [-0.3, -0.25) is 0 Å². The molecule has 0 unspecified atom stereocenters. The first-order chi connectivity index (χ1) is 7.13. The average Bonchev–Trinajstić information content (AvgIpc) is 2.24. The van der Waals surface area contributed by atoms with E-state index in [9.17, 15) is 0 Å². The van der Waals surface area contributed by atoms with Gasteiger partial charge in [-0.15, -0.1) is 0 Å². The third kappa shape index (κ3) is 36.9. The molecule has 0 bridgehead atoms. The maximum Gasteiger partial charge on any atom is 0.0313 e. The summed E-state index contributed by atoms with van der Waals surface area (Å²) in [6, 6.07) is 9.49. The third-order valence-corrected chi connectivity index (χ3v) is 0.800. The topological polar surface area (TPSA) is 60.2 Å². The number of nitrogens with two attached hydrogens (primary N) is 1. The number of anilines is 1. The number of benzene rings is 1. The van der Waals surface area contributed by atoms with Crippen LogP contribution in [0.4, 0.5) is 5.69 Å². The predicted molar refractivity (Wildman–Crippen MR) is 68.2 cm³/mol. The maximum atomic E-state index is 9.00. The van der Waals surface area contributed by atoms with E-state index < -0.39 is 10.7 Å². The molecule has 0 atom stereocenters. The summed E-state index contributed by atoms with van der Waals surface area (Å²) in [5.74, 6) is 0. The fraction of sp³-hybridized carbons (Fsp3) is 0.455. The van der Waals surface area contributed by atoms with Crippen LogP contribution in [0.3, 0.4) is 0 Å². The van der Waals surface area contributed by atoms with E-state index in [1.165, 1.54) is 0 Å². The Balaban J connectivity index is -0.0000000702. The van der Waals surface area contributed by atoms with Gasteiger partial charge < -0.3 is 14.2 Å². The Bertz CT molecular complexity index is 256. The number of hydrogen-bond donors (Lipinski definition) is 1. The third-order valence-electron chi connectivity index (χ3n) is 0.800. The van der Waals surface area contributed by atoms with Gasteiger partial charge in [0, 0.05) is 38.4 Å². The van der Waals surface area contributed by atoms with Crippen LogP contribution in [0.15, 0.2) is 30.3 Å². The molecule has 0 aliphatic heterocycles. The van der Waals surface area contributed by atoms with E-state index in [0.717, 1.165) is 11.9 Å². The van der Waals surface area contributed by atoms with E-state index in [4.69, 9.17) is 14.2 Å². The standard InChI is InChI=1S/C6H7N.2C2H6.CH3O2S.Y/c7-6-4-2-1-3-5-6;2*1-2;1-4(2)3;/h1-5H,7H2;2*1-2H3;1H3;/q;;;-1;. The van der Waals surface area contributed by atoms with Crippen molar-refractivity contribution in [3.8, 4) is 0 Å². The van der Waals surface area contributed by atoms with Crippen molar-refractivity contribution in [3.63, 3.8) is 0 Å². The fourth-order valence-corrected chi connectivity index (χ4v) is 0.453. The second-order valence-corrected chi connectivity index (χ2v) is 2.61. The zero-order valence-electron chi connectivity index (χ0n) is 10.8. The minimum atomic E-state index is -1.86. The molecule has 0 amide bonds. The summed E-state index contributed by atoms with van der Waals surface area (Å²) in [6.45, 7) is 8.00. The minimum Gasteiger partial charge on any atom is -0.424 e. The Labute approximate surface area is 127 Å². The summed E-state index contributed by atoms with van der Waals surface area (Å²) in [5, 5.41) is 0. The van der Waals surface area contributed by atoms with Crippen molar-refractivity contribution in [1.29, 1.82) is 0 Å². The zero-order valence-corrected chi connectivity index (χ0v) is 14.4. The molecule has 1 aromatic carbocycles. The second kappa shape index (κ2) is 24.3. The molecular formula is C11H22NO2SY-. The average molecular weight is 321 g/mol. The van der Waals surface area contributed by atoms with Crippen LogP contribution in [0.1, 0.15) is 27.7 Å². The molecule has 1 rings (SSSR count). The van der Waals surface area contributed by atoms with Crippen LogP contribution in [0.2, 0.25) is 0 Å². The molecule has 5 heteroatoms. The Hall–Kier alpha value is 0.0739. The van der Waals surface area contributed by atoms with Crippen molar-refractivity contribution < 1.29 is 41.1 Å². The van der Waals surface area contributed by atoms with Gasteiger partial charge in [0.25, 0.3) is 0 Å². The molecule has 0 saturated carbocycles. The van der Waals surface area contributed by atoms with Crippen molar-refractivity contribution in [2.24, 2.45) is 0 Å². The Morgan fingerprint density at radius 3 is 1.31 bits per heavy atom. The Morgan fingerprint density at radius 1 is 0.938 bits per heavy atom. The van der Waals surface area contributed by atoms with Crippen LogP contribution in [0.25, 0.3) is 0 Å². The molecule has 93 valence electrons. The first-order valence-corrected chi connectivity index (χ1v) is 6.42. The summed E-state index contributed by atoms with van der Waals surface area (Å²) in [5.41, 5.74) is 6.18. The largest absolute Gasteiger partial charge is 0.424 e. The normalized spacial score (nSPS) is 6.62. The van der Waals surface area contributed by atoms with Gasteiger partial charge in [0.05, 0.1) is 0 Å². The molecule has 0 heterocycles. The van der Waals surface area contributed by atoms with E-state index >= 15 is 0 Å². The predicted octanol–water partition coefficient (Wildman–Crippen LogP) is 3.24. The fourth-order valence-electron chi connectivity index (χ4n) is 0.453.